The highest BCUT2D eigenvalue weighted by Gasteiger charge is 2.08. The molecule has 2 N–H and O–H groups in total. The van der Waals surface area contributed by atoms with Crippen molar-refractivity contribution < 1.29 is 0 Å². The van der Waals surface area contributed by atoms with Gasteiger partial charge in [0.25, 0.3) is 0 Å². The van der Waals surface area contributed by atoms with E-state index in [1.165, 1.54) is 11.4 Å². The van der Waals surface area contributed by atoms with Gasteiger partial charge in [-0.25, -0.2) is 0 Å². The van der Waals surface area contributed by atoms with Crippen molar-refractivity contribution in [3.05, 3.63) is 83.9 Å². The van der Waals surface area contributed by atoms with E-state index in [0.29, 0.717) is 11.6 Å². The quantitative estimate of drug-likeness (QED) is 0.175. The Kier molecular flexibility index (Phi) is 9.23. The summed E-state index contributed by atoms with van der Waals surface area (Å²) in [5, 5.41) is 19.3. The van der Waals surface area contributed by atoms with Crippen LogP contribution in [0, 0.1) is 0 Å². The van der Waals surface area contributed by atoms with Crippen LogP contribution < -0.4 is 20.7 Å². The van der Waals surface area contributed by atoms with Crippen LogP contribution in [0.3, 0.4) is 0 Å². The second-order valence-corrected chi connectivity index (χ2v) is 8.71. The highest BCUT2D eigenvalue weighted by molar-refractivity contribution is 5.98. The molecule has 1 aromatic heterocycles. The smallest absolute Gasteiger partial charge is 0.176 e. The number of fused-ring (bicyclic) bond motifs is 1. The Bertz CT molecular complexity index is 1250. The van der Waals surface area contributed by atoms with Crippen molar-refractivity contribution in [1.29, 1.82) is 0 Å². The van der Waals surface area contributed by atoms with E-state index in [0.717, 1.165) is 48.1 Å². The third-order valence-electron chi connectivity index (χ3n) is 6.50. The van der Waals surface area contributed by atoms with Crippen LogP contribution in [-0.4, -0.2) is 48.8 Å². The van der Waals surface area contributed by atoms with Crippen molar-refractivity contribution in [3.8, 4) is 0 Å². The maximum Gasteiger partial charge on any atom is 0.176 e. The Morgan fingerprint density at radius 3 is 1.29 bits per heavy atom. The van der Waals surface area contributed by atoms with Crippen molar-refractivity contribution in [3.63, 3.8) is 0 Å². The Hall–Kier alpha value is -4.46. The molecule has 0 aliphatic heterocycles. The Morgan fingerprint density at radius 2 is 0.947 bits per heavy atom. The molecular formula is C30H36N8. The standard InChI is InChI=1S/C30H36N8/c1-5-37(6-2)25-17-13-23(14-18-25)21-31-33-29-27-11-9-10-12-28(27)30(36-35-29)34-32-22-24-15-19-26(20-16-24)38(7-3)8-4/h9-22H,5-8H2,1-4H3,(H,33,35)(H,34,36)/b31-21+,32-22+. The summed E-state index contributed by atoms with van der Waals surface area (Å²) in [6.45, 7) is 12.6. The fraction of sp³-hybridized carbons (Fsp3) is 0.267. The summed E-state index contributed by atoms with van der Waals surface area (Å²) >= 11 is 0. The van der Waals surface area contributed by atoms with Gasteiger partial charge in [-0.3, -0.25) is 10.9 Å². The lowest BCUT2D eigenvalue weighted by atomic mass is 10.2. The van der Waals surface area contributed by atoms with Gasteiger partial charge in [0.15, 0.2) is 11.6 Å². The van der Waals surface area contributed by atoms with E-state index < -0.39 is 0 Å². The van der Waals surface area contributed by atoms with Crippen molar-refractivity contribution in [2.45, 2.75) is 27.7 Å². The summed E-state index contributed by atoms with van der Waals surface area (Å²) in [6, 6.07) is 24.6. The number of nitrogens with zero attached hydrogens (tertiary/aromatic N) is 6. The molecule has 0 fully saturated rings. The zero-order chi connectivity index (χ0) is 26.7. The van der Waals surface area contributed by atoms with Crippen LogP contribution in [0.1, 0.15) is 38.8 Å². The van der Waals surface area contributed by atoms with Crippen molar-refractivity contribution in [2.75, 3.05) is 46.8 Å². The van der Waals surface area contributed by atoms with Gasteiger partial charge in [0.2, 0.25) is 0 Å². The fourth-order valence-corrected chi connectivity index (χ4v) is 4.32. The molecule has 0 atom stereocenters. The first-order chi connectivity index (χ1) is 18.7. The maximum absolute atomic E-state index is 4.40. The molecule has 0 radical (unpaired) electrons. The van der Waals surface area contributed by atoms with Crippen LogP contribution in [0.5, 0.6) is 0 Å². The fourth-order valence-electron chi connectivity index (χ4n) is 4.32. The molecule has 4 aromatic rings. The van der Waals surface area contributed by atoms with Gasteiger partial charge in [-0.2, -0.15) is 10.2 Å². The highest BCUT2D eigenvalue weighted by atomic mass is 15.4. The third-order valence-corrected chi connectivity index (χ3v) is 6.50. The molecule has 0 saturated heterocycles. The van der Waals surface area contributed by atoms with Gasteiger partial charge >= 0.3 is 0 Å². The number of rotatable bonds is 12. The average Bonchev–Trinajstić information content (AvgIpc) is 2.97. The largest absolute Gasteiger partial charge is 0.372 e. The Labute approximate surface area is 225 Å². The molecule has 0 aliphatic carbocycles. The molecule has 0 bridgehead atoms. The molecule has 0 saturated carbocycles. The lowest BCUT2D eigenvalue weighted by molar-refractivity contribution is 0.866. The summed E-state index contributed by atoms with van der Waals surface area (Å²) in [5.74, 6) is 1.16. The molecular weight excluding hydrogens is 472 g/mol. The SMILES string of the molecule is CCN(CC)c1ccc(/C=N/Nc2nnc(N/N=C/c3ccc(N(CC)CC)cc3)c3ccccc23)cc1. The van der Waals surface area contributed by atoms with Gasteiger partial charge < -0.3 is 9.80 Å². The summed E-state index contributed by atoms with van der Waals surface area (Å²) in [4.78, 5) is 4.62. The van der Waals surface area contributed by atoms with Crippen molar-refractivity contribution >= 4 is 46.2 Å². The number of aromatic nitrogens is 2. The normalized spacial score (nSPS) is 11.4. The minimum Gasteiger partial charge on any atom is -0.372 e. The number of nitrogens with one attached hydrogen (secondary N) is 2. The third kappa shape index (κ3) is 6.45. The number of anilines is 4. The van der Waals surface area contributed by atoms with Crippen molar-refractivity contribution in [2.24, 2.45) is 10.2 Å². The molecule has 3 aromatic carbocycles. The van der Waals surface area contributed by atoms with Crippen molar-refractivity contribution in [1.82, 2.24) is 10.2 Å². The van der Waals surface area contributed by atoms with E-state index in [-0.39, 0.29) is 0 Å². The predicted molar refractivity (Wildman–Crippen MR) is 162 cm³/mol. The van der Waals surface area contributed by atoms with Gasteiger partial charge in [-0.15, -0.1) is 10.2 Å². The molecule has 1 heterocycles. The Morgan fingerprint density at radius 1 is 0.579 bits per heavy atom. The molecule has 4 rings (SSSR count). The molecule has 196 valence electrons. The minimum atomic E-state index is 0.582. The highest BCUT2D eigenvalue weighted by Crippen LogP contribution is 2.26. The van der Waals surface area contributed by atoms with Crippen LogP contribution in [0.4, 0.5) is 23.0 Å². The molecule has 0 unspecified atom stereocenters. The van der Waals surface area contributed by atoms with Crippen LogP contribution in [0.2, 0.25) is 0 Å². The number of benzene rings is 3. The van der Waals surface area contributed by atoms with Gasteiger partial charge in [-0.05, 0) is 63.1 Å². The number of hydrogen-bond acceptors (Lipinski definition) is 8. The van der Waals surface area contributed by atoms with Crippen LogP contribution in [0.25, 0.3) is 10.8 Å². The number of hydrazone groups is 2. The first-order valence-corrected chi connectivity index (χ1v) is 13.2. The second kappa shape index (κ2) is 13.2. The van der Waals surface area contributed by atoms with Crippen LogP contribution in [-0.2, 0) is 0 Å². The number of hydrogen-bond donors (Lipinski definition) is 2. The first-order valence-electron chi connectivity index (χ1n) is 13.2. The molecule has 0 aliphatic rings. The monoisotopic (exact) mass is 508 g/mol. The molecule has 38 heavy (non-hydrogen) atoms. The van der Waals surface area contributed by atoms with E-state index in [1.807, 2.05) is 24.3 Å². The second-order valence-electron chi connectivity index (χ2n) is 8.71. The zero-order valence-electron chi connectivity index (χ0n) is 22.6. The minimum absolute atomic E-state index is 0.582. The molecule has 0 spiro atoms. The van der Waals surface area contributed by atoms with Gasteiger partial charge in [-0.1, -0.05) is 48.5 Å². The van der Waals surface area contributed by atoms with E-state index in [1.54, 1.807) is 12.4 Å². The van der Waals surface area contributed by atoms with E-state index in [2.05, 4.69) is 117 Å². The predicted octanol–water partition coefficient (Wildman–Crippen LogP) is 6.21. The zero-order valence-corrected chi connectivity index (χ0v) is 22.6. The van der Waals surface area contributed by atoms with E-state index in [9.17, 15) is 0 Å². The first kappa shape index (κ1) is 26.6. The topological polar surface area (TPSA) is 81.0 Å². The molecule has 8 heteroatoms. The molecule has 0 amide bonds. The lowest BCUT2D eigenvalue weighted by Gasteiger charge is -2.20. The van der Waals surface area contributed by atoms with Crippen LogP contribution in [0.15, 0.2) is 83.0 Å². The van der Waals surface area contributed by atoms with Gasteiger partial charge in [0.05, 0.1) is 12.4 Å². The van der Waals surface area contributed by atoms with E-state index in [4.69, 9.17) is 0 Å². The van der Waals surface area contributed by atoms with Crippen LogP contribution >= 0.6 is 0 Å². The summed E-state index contributed by atoms with van der Waals surface area (Å²) in [7, 11) is 0. The summed E-state index contributed by atoms with van der Waals surface area (Å²) in [5.41, 5.74) is 10.5. The lowest BCUT2D eigenvalue weighted by Crippen LogP contribution is -2.21. The summed E-state index contributed by atoms with van der Waals surface area (Å²) in [6.07, 6.45) is 3.56. The molecule has 8 nitrogen and oxygen atoms in total. The average molecular weight is 509 g/mol. The summed E-state index contributed by atoms with van der Waals surface area (Å²) < 4.78 is 0. The van der Waals surface area contributed by atoms with E-state index >= 15 is 0 Å². The Balaban J connectivity index is 1.43. The van der Waals surface area contributed by atoms with Gasteiger partial charge in [0, 0.05) is 48.3 Å². The maximum atomic E-state index is 4.40. The van der Waals surface area contributed by atoms with Gasteiger partial charge in [0.1, 0.15) is 0 Å².